The van der Waals surface area contributed by atoms with Crippen molar-refractivity contribution in [2.45, 2.75) is 31.6 Å². The van der Waals surface area contributed by atoms with Gasteiger partial charge >= 0.3 is 0 Å². The Morgan fingerprint density at radius 3 is 2.24 bits per heavy atom. The zero-order valence-electron chi connectivity index (χ0n) is 16.4. The molecule has 7 heteroatoms. The van der Waals surface area contributed by atoms with E-state index in [1.165, 1.54) is 24.3 Å². The van der Waals surface area contributed by atoms with Crippen molar-refractivity contribution in [1.29, 1.82) is 0 Å². The van der Waals surface area contributed by atoms with Gasteiger partial charge in [0.15, 0.2) is 0 Å². The van der Waals surface area contributed by atoms with Crippen LogP contribution in [-0.2, 0) is 10.0 Å². The molecule has 0 bridgehead atoms. The van der Waals surface area contributed by atoms with Gasteiger partial charge in [-0.05, 0) is 61.4 Å². The SMILES string of the molecule is CCCCOc1nc(-c2ccc(F)cc2)c(-c2ccc(S(N)(=O)=O)cc2)cc1C. The number of rotatable bonds is 7. The third kappa shape index (κ3) is 4.99. The molecular weight excluding hydrogens is 391 g/mol. The molecule has 3 aromatic rings. The summed E-state index contributed by atoms with van der Waals surface area (Å²) in [6, 6.07) is 14.3. The van der Waals surface area contributed by atoms with E-state index >= 15 is 0 Å². The average molecular weight is 415 g/mol. The molecule has 3 rings (SSSR count). The molecule has 1 heterocycles. The van der Waals surface area contributed by atoms with Crippen molar-refractivity contribution in [2.75, 3.05) is 6.61 Å². The minimum absolute atomic E-state index is 0.0359. The summed E-state index contributed by atoms with van der Waals surface area (Å²) < 4.78 is 42.3. The number of nitrogens with two attached hydrogens (primary N) is 1. The number of primary sulfonamides is 1. The highest BCUT2D eigenvalue weighted by molar-refractivity contribution is 7.89. The van der Waals surface area contributed by atoms with Crippen LogP contribution < -0.4 is 9.88 Å². The van der Waals surface area contributed by atoms with Gasteiger partial charge in [0, 0.05) is 16.7 Å². The first kappa shape index (κ1) is 21.0. The highest BCUT2D eigenvalue weighted by Gasteiger charge is 2.15. The van der Waals surface area contributed by atoms with Crippen molar-refractivity contribution < 1.29 is 17.5 Å². The standard InChI is InChI=1S/C22H23FN2O3S/c1-3-4-13-28-22-15(2)14-20(16-7-11-19(12-8-16)29(24,26)27)21(25-22)17-5-9-18(23)10-6-17/h5-12,14H,3-4,13H2,1-2H3,(H2,24,26,27). The normalized spacial score (nSPS) is 11.4. The molecule has 0 aliphatic carbocycles. The molecule has 2 aromatic carbocycles. The maximum atomic E-state index is 13.4. The summed E-state index contributed by atoms with van der Waals surface area (Å²) in [5, 5.41) is 5.19. The molecule has 0 amide bonds. The first-order valence-corrected chi connectivity index (χ1v) is 10.9. The Morgan fingerprint density at radius 1 is 1.03 bits per heavy atom. The Labute approximate surface area is 170 Å². The van der Waals surface area contributed by atoms with Crippen molar-refractivity contribution in [3.8, 4) is 28.3 Å². The molecule has 0 saturated heterocycles. The van der Waals surface area contributed by atoms with Crippen LogP contribution in [0.4, 0.5) is 4.39 Å². The van der Waals surface area contributed by atoms with E-state index in [9.17, 15) is 12.8 Å². The molecule has 0 radical (unpaired) electrons. The number of hydrogen-bond acceptors (Lipinski definition) is 4. The predicted molar refractivity (Wildman–Crippen MR) is 112 cm³/mol. The fourth-order valence-electron chi connectivity index (χ4n) is 2.93. The molecular formula is C22H23FN2O3S. The summed E-state index contributed by atoms with van der Waals surface area (Å²) in [6.45, 7) is 4.56. The Balaban J connectivity index is 2.11. The maximum absolute atomic E-state index is 13.4. The second-order valence-corrected chi connectivity index (χ2v) is 8.35. The number of benzene rings is 2. The van der Waals surface area contributed by atoms with Gasteiger partial charge in [0.1, 0.15) is 5.82 Å². The van der Waals surface area contributed by atoms with Crippen molar-refractivity contribution in [3.05, 3.63) is 66.0 Å². The molecule has 5 nitrogen and oxygen atoms in total. The van der Waals surface area contributed by atoms with E-state index in [0.29, 0.717) is 18.2 Å². The van der Waals surface area contributed by atoms with Crippen molar-refractivity contribution in [2.24, 2.45) is 5.14 Å². The Kier molecular flexibility index (Phi) is 6.30. The second kappa shape index (κ2) is 8.71. The lowest BCUT2D eigenvalue weighted by Crippen LogP contribution is -2.11. The smallest absolute Gasteiger partial charge is 0.238 e. The first-order chi connectivity index (χ1) is 13.8. The highest BCUT2D eigenvalue weighted by Crippen LogP contribution is 2.35. The van der Waals surface area contributed by atoms with Crippen LogP contribution in [0.15, 0.2) is 59.5 Å². The van der Waals surface area contributed by atoms with Gasteiger partial charge in [0.2, 0.25) is 15.9 Å². The highest BCUT2D eigenvalue weighted by atomic mass is 32.2. The number of pyridine rings is 1. The molecule has 0 saturated carbocycles. The summed E-state index contributed by atoms with van der Waals surface area (Å²) in [4.78, 5) is 4.74. The predicted octanol–water partition coefficient (Wildman–Crippen LogP) is 4.69. The summed E-state index contributed by atoms with van der Waals surface area (Å²) in [6.07, 6.45) is 1.93. The number of aromatic nitrogens is 1. The first-order valence-electron chi connectivity index (χ1n) is 9.33. The second-order valence-electron chi connectivity index (χ2n) is 6.78. The largest absolute Gasteiger partial charge is 0.477 e. The van der Waals surface area contributed by atoms with Gasteiger partial charge in [-0.3, -0.25) is 0 Å². The molecule has 0 unspecified atom stereocenters. The fourth-order valence-corrected chi connectivity index (χ4v) is 3.44. The van der Waals surface area contributed by atoms with Gasteiger partial charge in [0.25, 0.3) is 0 Å². The summed E-state index contributed by atoms with van der Waals surface area (Å²) >= 11 is 0. The fraction of sp³-hybridized carbons (Fsp3) is 0.227. The van der Waals surface area contributed by atoms with Gasteiger partial charge < -0.3 is 4.74 Å². The molecule has 0 aliphatic heterocycles. The number of unbranched alkanes of at least 4 members (excludes halogenated alkanes) is 1. The molecule has 0 aliphatic rings. The third-order valence-corrected chi connectivity index (χ3v) is 5.44. The lowest BCUT2D eigenvalue weighted by Gasteiger charge is -2.15. The van der Waals surface area contributed by atoms with E-state index in [1.807, 2.05) is 13.0 Å². The van der Waals surface area contributed by atoms with Gasteiger partial charge in [-0.15, -0.1) is 0 Å². The number of nitrogens with zero attached hydrogens (tertiary/aromatic N) is 1. The number of aryl methyl sites for hydroxylation is 1. The van der Waals surface area contributed by atoms with Crippen molar-refractivity contribution in [3.63, 3.8) is 0 Å². The maximum Gasteiger partial charge on any atom is 0.238 e. The van der Waals surface area contributed by atoms with Crippen molar-refractivity contribution >= 4 is 10.0 Å². The molecule has 2 N–H and O–H groups in total. The number of halogens is 1. The summed E-state index contributed by atoms with van der Waals surface area (Å²) in [5.41, 5.74) is 3.78. The van der Waals surface area contributed by atoms with Crippen LogP contribution in [0.3, 0.4) is 0 Å². The van der Waals surface area contributed by atoms with Crippen LogP contribution in [0.2, 0.25) is 0 Å². The van der Waals surface area contributed by atoms with Gasteiger partial charge in [-0.2, -0.15) is 0 Å². The molecule has 0 atom stereocenters. The van der Waals surface area contributed by atoms with E-state index in [4.69, 9.17) is 14.9 Å². The molecule has 1 aromatic heterocycles. The number of hydrogen-bond donors (Lipinski definition) is 1. The van der Waals surface area contributed by atoms with Crippen LogP contribution in [0.5, 0.6) is 5.88 Å². The molecule has 0 fully saturated rings. The number of sulfonamides is 1. The van der Waals surface area contributed by atoms with Crippen LogP contribution in [0, 0.1) is 12.7 Å². The minimum Gasteiger partial charge on any atom is -0.477 e. The van der Waals surface area contributed by atoms with Gasteiger partial charge in [-0.25, -0.2) is 22.9 Å². The molecule has 29 heavy (non-hydrogen) atoms. The average Bonchev–Trinajstić information content (AvgIpc) is 2.69. The van der Waals surface area contributed by atoms with E-state index < -0.39 is 10.0 Å². The van der Waals surface area contributed by atoms with Crippen LogP contribution >= 0.6 is 0 Å². The molecule has 152 valence electrons. The quantitative estimate of drug-likeness (QED) is 0.569. The van der Waals surface area contributed by atoms with Crippen LogP contribution in [0.1, 0.15) is 25.3 Å². The van der Waals surface area contributed by atoms with Crippen molar-refractivity contribution in [1.82, 2.24) is 4.98 Å². The van der Waals surface area contributed by atoms with Crippen LogP contribution in [-0.4, -0.2) is 20.0 Å². The van der Waals surface area contributed by atoms with Gasteiger partial charge in [0.05, 0.1) is 17.2 Å². The minimum atomic E-state index is -3.77. The van der Waals surface area contributed by atoms with E-state index in [2.05, 4.69) is 6.92 Å². The molecule has 0 spiro atoms. The Morgan fingerprint density at radius 2 is 1.66 bits per heavy atom. The Hall–Kier alpha value is -2.77. The monoisotopic (exact) mass is 414 g/mol. The number of ether oxygens (including phenoxy) is 1. The topological polar surface area (TPSA) is 82.3 Å². The van der Waals surface area contributed by atoms with E-state index in [0.717, 1.165) is 35.1 Å². The van der Waals surface area contributed by atoms with E-state index in [1.54, 1.807) is 24.3 Å². The van der Waals surface area contributed by atoms with E-state index in [-0.39, 0.29) is 10.7 Å². The van der Waals surface area contributed by atoms with Gasteiger partial charge in [-0.1, -0.05) is 25.5 Å². The Bertz CT molecular complexity index is 1100. The van der Waals surface area contributed by atoms with Crippen LogP contribution in [0.25, 0.3) is 22.4 Å². The summed E-state index contributed by atoms with van der Waals surface area (Å²) in [5.74, 6) is 0.196. The third-order valence-electron chi connectivity index (χ3n) is 4.51. The lowest BCUT2D eigenvalue weighted by atomic mass is 9.98. The zero-order chi connectivity index (χ0) is 21.0. The lowest BCUT2D eigenvalue weighted by molar-refractivity contribution is 0.296. The summed E-state index contributed by atoms with van der Waals surface area (Å²) in [7, 11) is -3.77. The zero-order valence-corrected chi connectivity index (χ0v) is 17.2.